The van der Waals surface area contributed by atoms with Crippen LogP contribution in [0.1, 0.15) is 25.7 Å². The molecule has 2 rings (SSSR count). The maximum atomic E-state index is 10.7. The Kier molecular flexibility index (Phi) is 1.60. The lowest BCUT2D eigenvalue weighted by Gasteiger charge is -2.26. The summed E-state index contributed by atoms with van der Waals surface area (Å²) in [4.78, 5) is 10.7. The highest BCUT2D eigenvalue weighted by molar-refractivity contribution is 5.71. The molecule has 2 aliphatic heterocycles. The van der Waals surface area contributed by atoms with Crippen LogP contribution in [0, 0.1) is 5.92 Å². The molecule has 0 saturated carbocycles. The van der Waals surface area contributed by atoms with E-state index in [1.54, 1.807) is 0 Å². The Hall–Kier alpha value is -0.570. The van der Waals surface area contributed by atoms with Crippen molar-refractivity contribution in [2.24, 2.45) is 5.92 Å². The van der Waals surface area contributed by atoms with Gasteiger partial charge in [-0.05, 0) is 25.7 Å². The van der Waals surface area contributed by atoms with Gasteiger partial charge in [-0.3, -0.25) is 4.79 Å². The molecule has 2 aliphatic rings. The van der Waals surface area contributed by atoms with Gasteiger partial charge in [-0.25, -0.2) is 0 Å². The van der Waals surface area contributed by atoms with Gasteiger partial charge in [-0.15, -0.1) is 0 Å². The van der Waals surface area contributed by atoms with Crippen molar-refractivity contribution in [1.29, 1.82) is 0 Å². The molecular weight excluding hydrogens is 142 g/mol. The van der Waals surface area contributed by atoms with Crippen LogP contribution in [0.2, 0.25) is 0 Å². The average molecular weight is 155 g/mol. The Bertz CT molecular complexity index is 181. The van der Waals surface area contributed by atoms with Gasteiger partial charge in [0, 0.05) is 12.1 Å². The molecule has 0 aliphatic carbocycles. The van der Waals surface area contributed by atoms with E-state index in [2.05, 4.69) is 5.32 Å². The highest BCUT2D eigenvalue weighted by atomic mass is 16.4. The first kappa shape index (κ1) is 7.10. The third kappa shape index (κ3) is 1.13. The van der Waals surface area contributed by atoms with Gasteiger partial charge >= 0.3 is 5.97 Å². The Morgan fingerprint density at radius 1 is 1.27 bits per heavy atom. The minimum atomic E-state index is -0.622. The predicted molar refractivity (Wildman–Crippen MR) is 40.3 cm³/mol. The zero-order valence-electron chi connectivity index (χ0n) is 6.42. The minimum absolute atomic E-state index is 0.117. The van der Waals surface area contributed by atoms with Gasteiger partial charge in [-0.1, -0.05) is 0 Å². The second-order valence-corrected chi connectivity index (χ2v) is 3.57. The summed E-state index contributed by atoms with van der Waals surface area (Å²) in [6.07, 6.45) is 4.15. The molecule has 2 N–H and O–H groups in total. The maximum absolute atomic E-state index is 10.7. The summed E-state index contributed by atoms with van der Waals surface area (Å²) >= 11 is 0. The summed E-state index contributed by atoms with van der Waals surface area (Å²) in [5.41, 5.74) is 0. The van der Waals surface area contributed by atoms with Crippen molar-refractivity contribution in [3.05, 3.63) is 0 Å². The number of nitrogens with one attached hydrogen (secondary N) is 1. The van der Waals surface area contributed by atoms with Gasteiger partial charge in [0.25, 0.3) is 0 Å². The number of piperidine rings is 1. The van der Waals surface area contributed by atoms with Crippen molar-refractivity contribution in [2.75, 3.05) is 0 Å². The lowest BCUT2D eigenvalue weighted by molar-refractivity contribution is -0.143. The first-order valence-electron chi connectivity index (χ1n) is 4.26. The number of hydrogen-bond donors (Lipinski definition) is 2. The van der Waals surface area contributed by atoms with E-state index in [0.29, 0.717) is 6.04 Å². The number of rotatable bonds is 1. The summed E-state index contributed by atoms with van der Waals surface area (Å²) in [7, 11) is 0. The first-order valence-corrected chi connectivity index (χ1v) is 4.26. The molecule has 0 aromatic rings. The van der Waals surface area contributed by atoms with Crippen LogP contribution in [-0.2, 0) is 4.79 Å². The third-order valence-corrected chi connectivity index (χ3v) is 2.90. The average Bonchev–Trinajstić information content (AvgIpc) is 2.32. The van der Waals surface area contributed by atoms with Gasteiger partial charge in [-0.2, -0.15) is 0 Å². The van der Waals surface area contributed by atoms with Gasteiger partial charge < -0.3 is 10.4 Å². The summed E-state index contributed by atoms with van der Waals surface area (Å²) in [5.74, 6) is -0.739. The molecule has 3 heteroatoms. The lowest BCUT2D eigenvalue weighted by Crippen LogP contribution is -2.43. The monoisotopic (exact) mass is 155 g/mol. The van der Waals surface area contributed by atoms with Crippen molar-refractivity contribution >= 4 is 5.97 Å². The standard InChI is InChI=1S/C8H13NO2/c10-8(11)6-3-1-5-2-4-7(6)9-5/h5-7,9H,1-4H2,(H,10,11)/t5-,6+,7-/m0/s1. The van der Waals surface area contributed by atoms with Crippen LogP contribution in [0.3, 0.4) is 0 Å². The number of carboxylic acid groups (broad SMARTS) is 1. The van der Waals surface area contributed by atoms with Gasteiger partial charge in [0.2, 0.25) is 0 Å². The normalized spacial score (nSPS) is 42.4. The Morgan fingerprint density at radius 3 is 2.73 bits per heavy atom. The zero-order chi connectivity index (χ0) is 7.84. The quantitative estimate of drug-likeness (QED) is 0.583. The Balaban J connectivity index is 2.07. The molecule has 0 aromatic heterocycles. The molecule has 0 unspecified atom stereocenters. The molecule has 0 spiro atoms. The van der Waals surface area contributed by atoms with Gasteiger partial charge in [0.05, 0.1) is 5.92 Å². The van der Waals surface area contributed by atoms with E-state index < -0.39 is 5.97 Å². The fourth-order valence-electron chi connectivity index (χ4n) is 2.27. The fraction of sp³-hybridized carbons (Fsp3) is 0.875. The molecule has 2 fully saturated rings. The van der Waals surface area contributed by atoms with Crippen LogP contribution in [0.15, 0.2) is 0 Å². The number of carbonyl (C=O) groups is 1. The van der Waals surface area contributed by atoms with E-state index in [-0.39, 0.29) is 12.0 Å². The lowest BCUT2D eigenvalue weighted by atomic mass is 9.92. The van der Waals surface area contributed by atoms with Crippen molar-refractivity contribution in [2.45, 2.75) is 37.8 Å². The molecule has 0 radical (unpaired) electrons. The molecule has 11 heavy (non-hydrogen) atoms. The van der Waals surface area contributed by atoms with E-state index in [1.165, 1.54) is 6.42 Å². The Labute approximate surface area is 65.8 Å². The van der Waals surface area contributed by atoms with E-state index in [0.717, 1.165) is 19.3 Å². The summed E-state index contributed by atoms with van der Waals surface area (Å²) in [6, 6.07) is 0.891. The van der Waals surface area contributed by atoms with Crippen molar-refractivity contribution in [3.63, 3.8) is 0 Å². The first-order chi connectivity index (χ1) is 5.27. The highest BCUT2D eigenvalue weighted by Gasteiger charge is 2.38. The van der Waals surface area contributed by atoms with Crippen LogP contribution < -0.4 is 5.32 Å². The second kappa shape index (κ2) is 2.48. The largest absolute Gasteiger partial charge is 0.481 e. The minimum Gasteiger partial charge on any atom is -0.481 e. The molecule has 0 amide bonds. The smallest absolute Gasteiger partial charge is 0.308 e. The van der Waals surface area contributed by atoms with Crippen LogP contribution in [-0.4, -0.2) is 23.2 Å². The molecule has 3 atom stereocenters. The van der Waals surface area contributed by atoms with Crippen LogP contribution in [0.4, 0.5) is 0 Å². The van der Waals surface area contributed by atoms with Crippen molar-refractivity contribution in [3.8, 4) is 0 Å². The number of hydrogen-bond acceptors (Lipinski definition) is 2. The van der Waals surface area contributed by atoms with Crippen LogP contribution in [0.25, 0.3) is 0 Å². The molecule has 2 heterocycles. The summed E-state index contributed by atoms with van der Waals surface area (Å²) < 4.78 is 0. The molecule has 62 valence electrons. The third-order valence-electron chi connectivity index (χ3n) is 2.90. The van der Waals surface area contributed by atoms with E-state index >= 15 is 0 Å². The van der Waals surface area contributed by atoms with E-state index in [1.807, 2.05) is 0 Å². The fourth-order valence-corrected chi connectivity index (χ4v) is 2.27. The topological polar surface area (TPSA) is 49.3 Å². The molecular formula is C8H13NO2. The molecule has 0 aromatic carbocycles. The maximum Gasteiger partial charge on any atom is 0.308 e. The molecule has 2 saturated heterocycles. The summed E-state index contributed by atoms with van der Waals surface area (Å²) in [6.45, 7) is 0. The van der Waals surface area contributed by atoms with Crippen molar-refractivity contribution in [1.82, 2.24) is 5.32 Å². The number of fused-ring (bicyclic) bond motifs is 2. The second-order valence-electron chi connectivity index (χ2n) is 3.57. The number of aliphatic carboxylic acids is 1. The van der Waals surface area contributed by atoms with Gasteiger partial charge in [0.15, 0.2) is 0 Å². The Morgan fingerprint density at radius 2 is 2.00 bits per heavy atom. The predicted octanol–water partition coefficient (Wildman–Crippen LogP) is 0.602. The van der Waals surface area contributed by atoms with Gasteiger partial charge in [0.1, 0.15) is 0 Å². The molecule has 3 nitrogen and oxygen atoms in total. The summed E-state index contributed by atoms with van der Waals surface area (Å²) in [5, 5.41) is 12.2. The van der Waals surface area contributed by atoms with Crippen molar-refractivity contribution < 1.29 is 9.90 Å². The van der Waals surface area contributed by atoms with E-state index in [9.17, 15) is 4.79 Å². The highest BCUT2D eigenvalue weighted by Crippen LogP contribution is 2.31. The van der Waals surface area contributed by atoms with E-state index in [4.69, 9.17) is 5.11 Å². The molecule has 2 bridgehead atoms. The van der Waals surface area contributed by atoms with Crippen LogP contribution in [0.5, 0.6) is 0 Å². The SMILES string of the molecule is O=C(O)[C@@H]1CC[C@H]2CC[C@@H]1N2. The van der Waals surface area contributed by atoms with Crippen LogP contribution >= 0.6 is 0 Å². The number of carboxylic acids is 1. The zero-order valence-corrected chi connectivity index (χ0v) is 6.42.